The van der Waals surface area contributed by atoms with Crippen LogP contribution in [0.15, 0.2) is 24.3 Å². The molecule has 0 fully saturated rings. The highest BCUT2D eigenvalue weighted by Crippen LogP contribution is 2.20. The van der Waals surface area contributed by atoms with Crippen molar-refractivity contribution in [3.8, 4) is 11.3 Å². The Labute approximate surface area is 92.9 Å². The number of hydrogen-bond donors (Lipinski definition) is 2. The second-order valence-electron chi connectivity index (χ2n) is 3.17. The highest BCUT2D eigenvalue weighted by molar-refractivity contribution is 5.85. The Morgan fingerprint density at radius 1 is 1.33 bits per heavy atom. The summed E-state index contributed by atoms with van der Waals surface area (Å²) in [4.78, 5) is 0. The van der Waals surface area contributed by atoms with Gasteiger partial charge in [-0.3, -0.25) is 5.10 Å². The monoisotopic (exact) mass is 227 g/mol. The van der Waals surface area contributed by atoms with Gasteiger partial charge in [0.1, 0.15) is 11.6 Å². The number of nitrogens with one attached hydrogen (secondary N) is 1. The fourth-order valence-electron chi connectivity index (χ4n) is 1.25. The lowest BCUT2D eigenvalue weighted by Gasteiger charge is -1.99. The molecule has 0 saturated carbocycles. The molecule has 0 aliphatic heterocycles. The van der Waals surface area contributed by atoms with Gasteiger partial charge in [0.25, 0.3) is 0 Å². The van der Waals surface area contributed by atoms with Gasteiger partial charge in [-0.2, -0.15) is 5.10 Å². The zero-order chi connectivity index (χ0) is 10.1. The first-order valence-electron chi connectivity index (χ1n) is 4.24. The van der Waals surface area contributed by atoms with E-state index in [1.807, 2.05) is 6.07 Å². The molecule has 3 nitrogen and oxygen atoms in total. The van der Waals surface area contributed by atoms with E-state index in [0.29, 0.717) is 11.4 Å². The summed E-state index contributed by atoms with van der Waals surface area (Å²) < 4.78 is 13.2. The van der Waals surface area contributed by atoms with E-state index in [-0.39, 0.29) is 18.2 Å². The summed E-state index contributed by atoms with van der Waals surface area (Å²) in [7, 11) is 0. The van der Waals surface area contributed by atoms with Gasteiger partial charge in [-0.15, -0.1) is 12.4 Å². The van der Waals surface area contributed by atoms with Gasteiger partial charge in [-0.05, 0) is 18.6 Å². The van der Waals surface area contributed by atoms with Gasteiger partial charge in [0.2, 0.25) is 0 Å². The van der Waals surface area contributed by atoms with Gasteiger partial charge in [0.05, 0.1) is 5.69 Å². The summed E-state index contributed by atoms with van der Waals surface area (Å²) in [6.07, 6.45) is 0. The molecular formula is C10H11ClFN3. The van der Waals surface area contributed by atoms with E-state index in [2.05, 4.69) is 10.2 Å². The van der Waals surface area contributed by atoms with Crippen molar-refractivity contribution in [3.05, 3.63) is 35.6 Å². The zero-order valence-corrected chi connectivity index (χ0v) is 8.94. The molecule has 0 spiro atoms. The van der Waals surface area contributed by atoms with Gasteiger partial charge in [-0.1, -0.05) is 12.1 Å². The fraction of sp³-hybridized carbons (Fsp3) is 0.100. The molecule has 0 bridgehead atoms. The summed E-state index contributed by atoms with van der Waals surface area (Å²) in [5.41, 5.74) is 7.54. The van der Waals surface area contributed by atoms with Crippen molar-refractivity contribution < 1.29 is 4.39 Å². The Morgan fingerprint density at radius 3 is 2.60 bits per heavy atom. The molecule has 1 aromatic heterocycles. The summed E-state index contributed by atoms with van der Waals surface area (Å²) in [5.74, 6) is 0.177. The van der Waals surface area contributed by atoms with Crippen molar-refractivity contribution >= 4 is 18.2 Å². The highest BCUT2D eigenvalue weighted by Gasteiger charge is 2.04. The maximum atomic E-state index is 13.2. The molecule has 1 heterocycles. The molecule has 80 valence electrons. The van der Waals surface area contributed by atoms with Crippen LogP contribution in [0.3, 0.4) is 0 Å². The summed E-state index contributed by atoms with van der Waals surface area (Å²) in [6.45, 7) is 1.72. The van der Waals surface area contributed by atoms with Crippen molar-refractivity contribution in [2.24, 2.45) is 0 Å². The average Bonchev–Trinajstić information content (AvgIpc) is 2.57. The quantitative estimate of drug-likeness (QED) is 0.787. The predicted octanol–water partition coefficient (Wildman–Crippen LogP) is 2.53. The van der Waals surface area contributed by atoms with Crippen molar-refractivity contribution in [1.29, 1.82) is 0 Å². The van der Waals surface area contributed by atoms with E-state index in [0.717, 1.165) is 11.3 Å². The summed E-state index contributed by atoms with van der Waals surface area (Å²) in [6, 6.07) is 6.68. The van der Waals surface area contributed by atoms with Crippen LogP contribution in [0.5, 0.6) is 0 Å². The van der Waals surface area contributed by atoms with E-state index in [1.165, 1.54) is 6.07 Å². The molecule has 3 N–H and O–H groups in total. The molecule has 0 atom stereocenters. The van der Waals surface area contributed by atoms with Crippen LogP contribution >= 0.6 is 12.4 Å². The number of anilines is 1. The fourth-order valence-corrected chi connectivity index (χ4v) is 1.25. The topological polar surface area (TPSA) is 54.7 Å². The first-order chi connectivity index (χ1) is 6.66. The third-order valence-corrected chi connectivity index (χ3v) is 2.08. The Morgan fingerprint density at radius 2 is 2.07 bits per heavy atom. The highest BCUT2D eigenvalue weighted by atomic mass is 35.5. The molecule has 0 amide bonds. The van der Waals surface area contributed by atoms with Crippen molar-refractivity contribution in [2.75, 3.05) is 5.73 Å². The Balaban J connectivity index is 0.00000112. The Kier molecular flexibility index (Phi) is 3.31. The lowest BCUT2D eigenvalue weighted by molar-refractivity contribution is 0.619. The van der Waals surface area contributed by atoms with Crippen LogP contribution in [0.4, 0.5) is 10.2 Å². The molecule has 5 heteroatoms. The molecule has 0 radical (unpaired) electrons. The van der Waals surface area contributed by atoms with E-state index >= 15 is 0 Å². The second-order valence-corrected chi connectivity index (χ2v) is 3.17. The van der Waals surface area contributed by atoms with Crippen LogP contribution in [0.2, 0.25) is 0 Å². The maximum absolute atomic E-state index is 13.2. The van der Waals surface area contributed by atoms with E-state index < -0.39 is 0 Å². The van der Waals surface area contributed by atoms with Crippen molar-refractivity contribution in [1.82, 2.24) is 10.2 Å². The van der Waals surface area contributed by atoms with Gasteiger partial charge in [-0.25, -0.2) is 4.39 Å². The minimum atomic E-state index is -0.226. The number of nitrogen functional groups attached to an aromatic ring is 1. The minimum absolute atomic E-state index is 0. The van der Waals surface area contributed by atoms with Crippen LogP contribution in [-0.4, -0.2) is 10.2 Å². The molecule has 0 aliphatic rings. The third-order valence-electron chi connectivity index (χ3n) is 2.08. The van der Waals surface area contributed by atoms with Crippen molar-refractivity contribution in [3.63, 3.8) is 0 Å². The molecule has 2 rings (SSSR count). The predicted molar refractivity (Wildman–Crippen MR) is 60.4 cm³/mol. The zero-order valence-electron chi connectivity index (χ0n) is 8.12. The molecule has 2 aromatic rings. The smallest absolute Gasteiger partial charge is 0.145 e. The van der Waals surface area contributed by atoms with Crippen LogP contribution in [0.1, 0.15) is 5.56 Å². The van der Waals surface area contributed by atoms with Crippen LogP contribution in [0, 0.1) is 12.7 Å². The standard InChI is InChI=1S/C10H10FN3.ClH/c1-6-2-3-7(4-8(6)11)9-5-10(12)14-13-9;/h2-5H,1H3,(H3,12,13,14);1H. The Bertz CT molecular complexity index is 467. The lowest BCUT2D eigenvalue weighted by atomic mass is 10.1. The number of aromatic amines is 1. The maximum Gasteiger partial charge on any atom is 0.145 e. The lowest BCUT2D eigenvalue weighted by Crippen LogP contribution is -1.84. The normalized spacial score (nSPS) is 9.73. The molecule has 15 heavy (non-hydrogen) atoms. The number of H-pyrrole nitrogens is 1. The first kappa shape index (κ1) is 11.5. The van der Waals surface area contributed by atoms with Crippen LogP contribution in [-0.2, 0) is 0 Å². The van der Waals surface area contributed by atoms with Gasteiger partial charge >= 0.3 is 0 Å². The van der Waals surface area contributed by atoms with Gasteiger partial charge in [0, 0.05) is 11.6 Å². The number of nitrogens with zero attached hydrogens (tertiary/aromatic N) is 1. The van der Waals surface area contributed by atoms with Crippen LogP contribution in [0.25, 0.3) is 11.3 Å². The number of nitrogens with two attached hydrogens (primary N) is 1. The summed E-state index contributed by atoms with van der Waals surface area (Å²) in [5, 5.41) is 6.50. The molecule has 1 aromatic carbocycles. The van der Waals surface area contributed by atoms with Gasteiger partial charge in [0.15, 0.2) is 0 Å². The SMILES string of the molecule is Cc1ccc(-c2cc(N)n[nH]2)cc1F.Cl. The van der Waals surface area contributed by atoms with Crippen molar-refractivity contribution in [2.45, 2.75) is 6.92 Å². The number of halogens is 2. The molecular weight excluding hydrogens is 217 g/mol. The third kappa shape index (κ3) is 2.27. The molecule has 0 aliphatic carbocycles. The van der Waals surface area contributed by atoms with E-state index in [9.17, 15) is 4.39 Å². The number of benzene rings is 1. The number of aromatic nitrogens is 2. The van der Waals surface area contributed by atoms with Gasteiger partial charge < -0.3 is 5.73 Å². The van der Waals surface area contributed by atoms with E-state index in [4.69, 9.17) is 5.73 Å². The Hall–Kier alpha value is -1.55. The molecule has 0 saturated heterocycles. The summed E-state index contributed by atoms with van der Waals surface area (Å²) >= 11 is 0. The van der Waals surface area contributed by atoms with Crippen LogP contribution < -0.4 is 5.73 Å². The van der Waals surface area contributed by atoms with E-state index in [1.54, 1.807) is 19.1 Å². The average molecular weight is 228 g/mol. The number of rotatable bonds is 1. The number of aryl methyl sites for hydroxylation is 1. The largest absolute Gasteiger partial charge is 0.382 e. The molecule has 0 unspecified atom stereocenters. The number of hydrogen-bond acceptors (Lipinski definition) is 2. The second kappa shape index (κ2) is 4.31. The minimum Gasteiger partial charge on any atom is -0.382 e. The first-order valence-corrected chi connectivity index (χ1v) is 4.24.